The van der Waals surface area contributed by atoms with Crippen LogP contribution in [0.1, 0.15) is 45.6 Å². The number of amides is 1. The molecule has 0 atom stereocenters. The number of rotatable bonds is 11. The molecule has 0 saturated heterocycles. The number of hydrogen-bond donors (Lipinski definition) is 3. The van der Waals surface area contributed by atoms with Gasteiger partial charge in [0.2, 0.25) is 5.91 Å². The second-order valence-electron chi connectivity index (χ2n) is 7.33. The minimum Gasteiger partial charge on any atom is -0.493 e. The maximum absolute atomic E-state index is 11.7. The molecule has 3 N–H and O–H groups in total. The van der Waals surface area contributed by atoms with Crippen molar-refractivity contribution in [3.63, 3.8) is 0 Å². The van der Waals surface area contributed by atoms with Crippen molar-refractivity contribution in [3.8, 4) is 5.75 Å². The molecule has 1 saturated carbocycles. The number of carbonyl (C=O) groups is 1. The molecule has 158 valence electrons. The van der Waals surface area contributed by atoms with Crippen LogP contribution in [0.5, 0.6) is 5.75 Å². The van der Waals surface area contributed by atoms with Gasteiger partial charge in [0.05, 0.1) is 13.2 Å². The summed E-state index contributed by atoms with van der Waals surface area (Å²) in [6, 6.07) is 8.05. The Kier molecular flexibility index (Phi) is 11.9. The first kappa shape index (κ1) is 24.5. The van der Waals surface area contributed by atoms with Gasteiger partial charge in [-0.1, -0.05) is 32.0 Å². The molecule has 1 fully saturated rings. The minimum absolute atomic E-state index is 0. The molecule has 1 aliphatic carbocycles. The minimum atomic E-state index is 0. The van der Waals surface area contributed by atoms with Gasteiger partial charge < -0.3 is 20.7 Å². The fourth-order valence-corrected chi connectivity index (χ4v) is 2.54. The summed E-state index contributed by atoms with van der Waals surface area (Å²) in [6.07, 6.45) is 3.10. The van der Waals surface area contributed by atoms with E-state index in [1.54, 1.807) is 0 Å². The zero-order valence-electron chi connectivity index (χ0n) is 17.3. The van der Waals surface area contributed by atoms with Crippen molar-refractivity contribution in [2.75, 3.05) is 26.2 Å². The van der Waals surface area contributed by atoms with Crippen molar-refractivity contribution in [2.24, 2.45) is 16.8 Å². The third-order valence-corrected chi connectivity index (χ3v) is 4.34. The zero-order chi connectivity index (χ0) is 19.5. The number of guanidine groups is 1. The zero-order valence-corrected chi connectivity index (χ0v) is 19.6. The monoisotopic (exact) mass is 502 g/mol. The van der Waals surface area contributed by atoms with Crippen LogP contribution in [0.2, 0.25) is 0 Å². The van der Waals surface area contributed by atoms with Crippen molar-refractivity contribution >= 4 is 35.8 Å². The quantitative estimate of drug-likeness (QED) is 0.188. The number of nitrogens with one attached hydrogen (secondary N) is 3. The number of ether oxygens (including phenoxy) is 1. The van der Waals surface area contributed by atoms with Crippen molar-refractivity contribution in [2.45, 2.75) is 46.6 Å². The maximum atomic E-state index is 11.7. The Bertz CT molecular complexity index is 618. The fourth-order valence-electron chi connectivity index (χ4n) is 2.54. The highest BCUT2D eigenvalue weighted by Crippen LogP contribution is 2.28. The molecule has 0 spiro atoms. The molecule has 1 aromatic rings. The van der Waals surface area contributed by atoms with E-state index in [2.05, 4.69) is 34.8 Å². The average Bonchev–Trinajstić information content (AvgIpc) is 3.49. The normalized spacial score (nSPS) is 13.6. The molecule has 6 nitrogen and oxygen atoms in total. The van der Waals surface area contributed by atoms with E-state index in [0.29, 0.717) is 25.6 Å². The molecular formula is C21H35IN4O2. The van der Waals surface area contributed by atoms with Crippen LogP contribution in [-0.4, -0.2) is 38.1 Å². The third kappa shape index (κ3) is 9.61. The molecule has 2 rings (SSSR count). The number of halogens is 1. The van der Waals surface area contributed by atoms with Gasteiger partial charge in [0.25, 0.3) is 0 Å². The molecule has 0 bridgehead atoms. The third-order valence-electron chi connectivity index (χ3n) is 4.34. The number of para-hydroxylation sites is 1. The van der Waals surface area contributed by atoms with Gasteiger partial charge in [0, 0.05) is 31.1 Å². The van der Waals surface area contributed by atoms with E-state index < -0.39 is 0 Å². The van der Waals surface area contributed by atoms with Crippen LogP contribution >= 0.6 is 24.0 Å². The van der Waals surface area contributed by atoms with Crippen molar-refractivity contribution in [3.05, 3.63) is 29.8 Å². The first-order chi connectivity index (χ1) is 13.1. The number of aliphatic imine (C=N–C) groups is 1. The van der Waals surface area contributed by atoms with E-state index in [9.17, 15) is 4.79 Å². The largest absolute Gasteiger partial charge is 0.493 e. The highest BCUT2D eigenvalue weighted by molar-refractivity contribution is 14.0. The molecule has 1 aromatic carbocycles. The molecule has 1 aliphatic rings. The lowest BCUT2D eigenvalue weighted by atomic mass is 10.1. The number of benzene rings is 1. The summed E-state index contributed by atoms with van der Waals surface area (Å²) >= 11 is 0. The molecule has 0 unspecified atom stereocenters. The second-order valence-corrected chi connectivity index (χ2v) is 7.33. The van der Waals surface area contributed by atoms with Gasteiger partial charge in [-0.3, -0.25) is 4.79 Å². The van der Waals surface area contributed by atoms with E-state index in [1.807, 2.05) is 31.2 Å². The first-order valence-corrected chi connectivity index (χ1v) is 10.1. The SMILES string of the molecule is CCNC(=NCc1ccccc1OCCC(C)C)NCCNC(=O)C1CC1.I. The smallest absolute Gasteiger partial charge is 0.223 e. The lowest BCUT2D eigenvalue weighted by Crippen LogP contribution is -2.41. The summed E-state index contributed by atoms with van der Waals surface area (Å²) in [5.74, 6) is 2.69. The van der Waals surface area contributed by atoms with Gasteiger partial charge in [-0.15, -0.1) is 24.0 Å². The van der Waals surface area contributed by atoms with Gasteiger partial charge in [0.15, 0.2) is 5.96 Å². The second kappa shape index (κ2) is 13.6. The van der Waals surface area contributed by atoms with E-state index in [-0.39, 0.29) is 35.8 Å². The maximum Gasteiger partial charge on any atom is 0.223 e. The van der Waals surface area contributed by atoms with Crippen LogP contribution in [0.15, 0.2) is 29.3 Å². The Balaban J connectivity index is 0.00000392. The van der Waals surface area contributed by atoms with Gasteiger partial charge in [0.1, 0.15) is 5.75 Å². The van der Waals surface area contributed by atoms with Gasteiger partial charge >= 0.3 is 0 Å². The van der Waals surface area contributed by atoms with Gasteiger partial charge in [-0.2, -0.15) is 0 Å². The summed E-state index contributed by atoms with van der Waals surface area (Å²) in [7, 11) is 0. The number of hydrogen-bond acceptors (Lipinski definition) is 3. The van der Waals surface area contributed by atoms with Crippen LogP contribution < -0.4 is 20.7 Å². The van der Waals surface area contributed by atoms with Gasteiger partial charge in [-0.05, 0) is 38.2 Å². The molecule has 1 amide bonds. The highest BCUT2D eigenvalue weighted by Gasteiger charge is 2.28. The molecule has 28 heavy (non-hydrogen) atoms. The Morgan fingerprint density at radius 3 is 2.57 bits per heavy atom. The van der Waals surface area contributed by atoms with Crippen LogP contribution in [0.25, 0.3) is 0 Å². The highest BCUT2D eigenvalue weighted by atomic mass is 127. The van der Waals surface area contributed by atoms with Crippen LogP contribution in [0, 0.1) is 11.8 Å². The average molecular weight is 502 g/mol. The number of nitrogens with zero attached hydrogens (tertiary/aromatic N) is 1. The lowest BCUT2D eigenvalue weighted by molar-refractivity contribution is -0.122. The van der Waals surface area contributed by atoms with Crippen LogP contribution in [0.3, 0.4) is 0 Å². The Hall–Kier alpha value is -1.51. The van der Waals surface area contributed by atoms with Crippen LogP contribution in [-0.2, 0) is 11.3 Å². The first-order valence-electron chi connectivity index (χ1n) is 10.1. The van der Waals surface area contributed by atoms with Gasteiger partial charge in [-0.25, -0.2) is 4.99 Å². The molecular weight excluding hydrogens is 467 g/mol. The van der Waals surface area contributed by atoms with E-state index >= 15 is 0 Å². The number of carbonyl (C=O) groups excluding carboxylic acids is 1. The lowest BCUT2D eigenvalue weighted by Gasteiger charge is -2.14. The predicted molar refractivity (Wildman–Crippen MR) is 125 cm³/mol. The summed E-state index contributed by atoms with van der Waals surface area (Å²) in [5.41, 5.74) is 1.07. The fraction of sp³-hybridized carbons (Fsp3) is 0.619. The van der Waals surface area contributed by atoms with E-state index in [0.717, 1.165) is 49.7 Å². The van der Waals surface area contributed by atoms with E-state index in [4.69, 9.17) is 4.74 Å². The molecule has 0 radical (unpaired) electrons. The molecule has 7 heteroatoms. The standard InChI is InChI=1S/C21H34N4O2.HI/c1-4-22-21(24-13-12-23-20(26)17-9-10-17)25-15-18-7-5-6-8-19(18)27-14-11-16(2)3;/h5-8,16-17H,4,9-15H2,1-3H3,(H,23,26)(H2,22,24,25);1H. The summed E-state index contributed by atoms with van der Waals surface area (Å²) in [4.78, 5) is 16.3. The Morgan fingerprint density at radius 2 is 1.89 bits per heavy atom. The summed E-state index contributed by atoms with van der Waals surface area (Å²) < 4.78 is 5.94. The van der Waals surface area contributed by atoms with Crippen LogP contribution in [0.4, 0.5) is 0 Å². The molecule has 0 aliphatic heterocycles. The van der Waals surface area contributed by atoms with Crippen molar-refractivity contribution in [1.29, 1.82) is 0 Å². The molecule has 0 aromatic heterocycles. The van der Waals surface area contributed by atoms with E-state index in [1.165, 1.54) is 0 Å². The summed E-state index contributed by atoms with van der Waals surface area (Å²) in [6.45, 7) is 9.73. The topological polar surface area (TPSA) is 74.8 Å². The van der Waals surface area contributed by atoms with Crippen molar-refractivity contribution < 1.29 is 9.53 Å². The Labute approximate surface area is 186 Å². The molecule has 0 heterocycles. The van der Waals surface area contributed by atoms with Crippen molar-refractivity contribution in [1.82, 2.24) is 16.0 Å². The summed E-state index contributed by atoms with van der Waals surface area (Å²) in [5, 5.41) is 9.46. The Morgan fingerprint density at radius 1 is 1.18 bits per heavy atom. The predicted octanol–water partition coefficient (Wildman–Crippen LogP) is 3.31.